The maximum atomic E-state index is 11.9. The van der Waals surface area contributed by atoms with Gasteiger partial charge in [0.1, 0.15) is 5.60 Å². The van der Waals surface area contributed by atoms with E-state index in [2.05, 4.69) is 10.6 Å². The molecule has 5 nitrogen and oxygen atoms in total. The van der Waals surface area contributed by atoms with Crippen molar-refractivity contribution in [3.05, 3.63) is 0 Å². The first-order valence-electron chi connectivity index (χ1n) is 6.34. The van der Waals surface area contributed by atoms with Crippen LogP contribution in [0, 0.1) is 0 Å². The van der Waals surface area contributed by atoms with E-state index in [1.165, 1.54) is 0 Å². The Morgan fingerprint density at radius 3 is 2.41 bits per heavy atom. The lowest BCUT2D eigenvalue weighted by atomic mass is 9.89. The smallest absolute Gasteiger partial charge is 0.410 e. The van der Waals surface area contributed by atoms with Gasteiger partial charge in [-0.3, -0.25) is 5.32 Å². The fourth-order valence-electron chi connectivity index (χ4n) is 2.41. The van der Waals surface area contributed by atoms with Crippen LogP contribution in [0.1, 0.15) is 33.6 Å². The minimum absolute atomic E-state index is 0.182. The molecule has 0 unspecified atom stereocenters. The van der Waals surface area contributed by atoms with E-state index < -0.39 is 5.60 Å². The third kappa shape index (κ3) is 3.10. The highest BCUT2D eigenvalue weighted by Gasteiger charge is 2.38. The third-order valence-corrected chi connectivity index (χ3v) is 3.42. The molecule has 2 fully saturated rings. The van der Waals surface area contributed by atoms with Crippen LogP contribution in [-0.4, -0.2) is 48.4 Å². The summed E-state index contributed by atoms with van der Waals surface area (Å²) in [6, 6.07) is 0. The fourth-order valence-corrected chi connectivity index (χ4v) is 2.41. The Balaban J connectivity index is 1.84. The molecule has 0 radical (unpaired) electrons. The topological polar surface area (TPSA) is 53.6 Å². The SMILES string of the molecule is CC(C)(C)OC(=O)N1CCC2(CC1)CNCN2. The van der Waals surface area contributed by atoms with Crippen molar-refractivity contribution in [2.24, 2.45) is 0 Å². The van der Waals surface area contributed by atoms with Crippen molar-refractivity contribution in [1.82, 2.24) is 15.5 Å². The summed E-state index contributed by atoms with van der Waals surface area (Å²) in [5.41, 5.74) is -0.197. The van der Waals surface area contributed by atoms with Gasteiger partial charge in [0.15, 0.2) is 0 Å². The average Bonchev–Trinajstić information content (AvgIpc) is 2.65. The minimum atomic E-state index is -0.403. The van der Waals surface area contributed by atoms with Gasteiger partial charge >= 0.3 is 6.09 Å². The van der Waals surface area contributed by atoms with Crippen LogP contribution < -0.4 is 10.6 Å². The van der Waals surface area contributed by atoms with Crippen molar-refractivity contribution in [3.63, 3.8) is 0 Å². The quantitative estimate of drug-likeness (QED) is 0.662. The van der Waals surface area contributed by atoms with E-state index in [1.807, 2.05) is 25.7 Å². The molecule has 1 amide bonds. The van der Waals surface area contributed by atoms with Crippen molar-refractivity contribution < 1.29 is 9.53 Å². The van der Waals surface area contributed by atoms with Gasteiger partial charge in [-0.05, 0) is 33.6 Å². The monoisotopic (exact) mass is 241 g/mol. The Labute approximate surface area is 103 Å². The predicted octanol–water partition coefficient (Wildman–Crippen LogP) is 0.906. The first-order valence-corrected chi connectivity index (χ1v) is 6.34. The molecular formula is C12H23N3O2. The Morgan fingerprint density at radius 2 is 1.94 bits per heavy atom. The van der Waals surface area contributed by atoms with E-state index in [1.54, 1.807) is 0 Å². The maximum absolute atomic E-state index is 11.9. The van der Waals surface area contributed by atoms with E-state index in [9.17, 15) is 4.79 Å². The van der Waals surface area contributed by atoms with E-state index in [4.69, 9.17) is 4.74 Å². The summed E-state index contributed by atoms with van der Waals surface area (Å²) in [6.45, 7) is 9.16. The number of nitrogens with zero attached hydrogens (tertiary/aromatic N) is 1. The van der Waals surface area contributed by atoms with E-state index in [0.29, 0.717) is 0 Å². The van der Waals surface area contributed by atoms with Crippen molar-refractivity contribution in [2.45, 2.75) is 44.8 Å². The zero-order valence-corrected chi connectivity index (χ0v) is 11.0. The summed E-state index contributed by atoms with van der Waals surface area (Å²) in [7, 11) is 0. The van der Waals surface area contributed by atoms with Gasteiger partial charge in [-0.1, -0.05) is 0 Å². The number of hydrogen-bond acceptors (Lipinski definition) is 4. The molecule has 2 rings (SSSR count). The molecule has 0 aromatic heterocycles. The molecule has 5 heteroatoms. The average molecular weight is 241 g/mol. The highest BCUT2D eigenvalue weighted by molar-refractivity contribution is 5.68. The van der Waals surface area contributed by atoms with Crippen LogP contribution in [0.25, 0.3) is 0 Å². The van der Waals surface area contributed by atoms with E-state index in [-0.39, 0.29) is 11.6 Å². The predicted molar refractivity (Wildman–Crippen MR) is 65.8 cm³/mol. The van der Waals surface area contributed by atoms with Gasteiger partial charge in [-0.2, -0.15) is 0 Å². The molecule has 2 saturated heterocycles. The molecule has 0 aromatic carbocycles. The summed E-state index contributed by atoms with van der Waals surface area (Å²) >= 11 is 0. The van der Waals surface area contributed by atoms with Crippen LogP contribution in [0.5, 0.6) is 0 Å². The van der Waals surface area contributed by atoms with Crippen molar-refractivity contribution in [1.29, 1.82) is 0 Å². The highest BCUT2D eigenvalue weighted by Crippen LogP contribution is 2.24. The summed E-state index contributed by atoms with van der Waals surface area (Å²) in [5, 5.41) is 6.81. The Kier molecular flexibility index (Phi) is 3.32. The number of nitrogens with one attached hydrogen (secondary N) is 2. The Hall–Kier alpha value is -0.810. The van der Waals surface area contributed by atoms with Gasteiger partial charge in [-0.25, -0.2) is 4.79 Å². The zero-order valence-electron chi connectivity index (χ0n) is 11.0. The number of piperidine rings is 1. The van der Waals surface area contributed by atoms with Crippen molar-refractivity contribution >= 4 is 6.09 Å². The zero-order chi connectivity index (χ0) is 12.5. The van der Waals surface area contributed by atoms with Crippen LogP contribution in [0.3, 0.4) is 0 Å². The molecule has 0 aromatic rings. The number of amides is 1. The van der Waals surface area contributed by atoms with E-state index >= 15 is 0 Å². The minimum Gasteiger partial charge on any atom is -0.444 e. The summed E-state index contributed by atoms with van der Waals surface area (Å²) in [4.78, 5) is 13.7. The Morgan fingerprint density at radius 1 is 1.29 bits per heavy atom. The summed E-state index contributed by atoms with van der Waals surface area (Å²) in [6.07, 6.45) is 1.82. The van der Waals surface area contributed by atoms with Gasteiger partial charge in [-0.15, -0.1) is 0 Å². The summed E-state index contributed by atoms with van der Waals surface area (Å²) < 4.78 is 5.38. The molecule has 0 bridgehead atoms. The largest absolute Gasteiger partial charge is 0.444 e. The highest BCUT2D eigenvalue weighted by atomic mass is 16.6. The molecule has 0 atom stereocenters. The first-order chi connectivity index (χ1) is 7.90. The molecule has 2 heterocycles. The molecule has 2 N–H and O–H groups in total. The number of carbonyl (C=O) groups excluding carboxylic acids is 1. The third-order valence-electron chi connectivity index (χ3n) is 3.42. The standard InChI is InChI=1S/C12H23N3O2/c1-11(2,3)17-10(16)15-6-4-12(5-7-15)8-13-9-14-12/h13-14H,4-9H2,1-3H3. The number of ether oxygens (including phenoxy) is 1. The molecule has 17 heavy (non-hydrogen) atoms. The lowest BCUT2D eigenvalue weighted by molar-refractivity contribution is 0.0164. The number of likely N-dealkylation sites (tertiary alicyclic amines) is 1. The van der Waals surface area contributed by atoms with Gasteiger partial charge < -0.3 is 15.0 Å². The molecule has 2 aliphatic heterocycles. The van der Waals surface area contributed by atoms with Gasteiger partial charge in [0.05, 0.1) is 0 Å². The van der Waals surface area contributed by atoms with Crippen LogP contribution in [0.15, 0.2) is 0 Å². The maximum Gasteiger partial charge on any atom is 0.410 e. The van der Waals surface area contributed by atoms with Gasteiger partial charge in [0.2, 0.25) is 0 Å². The second-order valence-corrected chi connectivity index (χ2v) is 6.03. The van der Waals surface area contributed by atoms with Gasteiger partial charge in [0.25, 0.3) is 0 Å². The molecule has 0 saturated carbocycles. The number of carbonyl (C=O) groups is 1. The van der Waals surface area contributed by atoms with Crippen molar-refractivity contribution in [3.8, 4) is 0 Å². The van der Waals surface area contributed by atoms with E-state index in [0.717, 1.165) is 39.1 Å². The number of rotatable bonds is 0. The molecular weight excluding hydrogens is 218 g/mol. The van der Waals surface area contributed by atoms with Crippen LogP contribution in [-0.2, 0) is 4.74 Å². The normalized spacial score (nSPS) is 24.1. The van der Waals surface area contributed by atoms with Crippen molar-refractivity contribution in [2.75, 3.05) is 26.3 Å². The lowest BCUT2D eigenvalue weighted by Crippen LogP contribution is -2.53. The number of hydrogen-bond donors (Lipinski definition) is 2. The van der Waals surface area contributed by atoms with Crippen LogP contribution in [0.4, 0.5) is 4.79 Å². The second-order valence-electron chi connectivity index (χ2n) is 6.03. The first kappa shape index (κ1) is 12.6. The van der Waals surface area contributed by atoms with Gasteiger partial charge in [0, 0.05) is 31.8 Å². The van der Waals surface area contributed by atoms with Crippen LogP contribution >= 0.6 is 0 Å². The molecule has 1 spiro atoms. The molecule has 0 aliphatic carbocycles. The second kappa shape index (κ2) is 4.46. The van der Waals surface area contributed by atoms with Crippen LogP contribution in [0.2, 0.25) is 0 Å². The molecule has 98 valence electrons. The summed E-state index contributed by atoms with van der Waals surface area (Å²) in [5.74, 6) is 0. The molecule has 2 aliphatic rings. The Bertz CT molecular complexity index is 283. The fraction of sp³-hybridized carbons (Fsp3) is 0.917. The lowest BCUT2D eigenvalue weighted by Gasteiger charge is -2.39.